The molecule has 2 N–H and O–H groups in total. The molecule has 5 nitrogen and oxygen atoms in total. The molecule has 1 heterocycles. The first-order chi connectivity index (χ1) is 9.74. The zero-order valence-corrected chi connectivity index (χ0v) is 12.5. The molecule has 0 fully saturated rings. The third-order valence-corrected chi connectivity index (χ3v) is 3.18. The molecule has 20 heavy (non-hydrogen) atoms. The van der Waals surface area contributed by atoms with Crippen molar-refractivity contribution in [2.24, 2.45) is 0 Å². The van der Waals surface area contributed by atoms with Crippen LogP contribution in [0.5, 0.6) is 5.75 Å². The Hall–Kier alpha value is -1.82. The highest BCUT2D eigenvalue weighted by molar-refractivity contribution is 9.10. The summed E-state index contributed by atoms with van der Waals surface area (Å²) in [4.78, 5) is 18.7. The Morgan fingerprint density at radius 2 is 2.15 bits per heavy atom. The van der Waals surface area contributed by atoms with Crippen LogP contribution in [0.25, 0.3) is 0 Å². The summed E-state index contributed by atoms with van der Waals surface area (Å²) >= 11 is 3.35. The van der Waals surface area contributed by atoms with E-state index in [1.807, 2.05) is 24.3 Å². The smallest absolute Gasteiger partial charge is 0.223 e. The van der Waals surface area contributed by atoms with Crippen LogP contribution in [0.4, 0.5) is 0 Å². The maximum absolute atomic E-state index is 11.6. The van der Waals surface area contributed by atoms with Gasteiger partial charge in [-0.2, -0.15) is 0 Å². The summed E-state index contributed by atoms with van der Waals surface area (Å²) in [5.41, 5.74) is 0. The lowest BCUT2D eigenvalue weighted by molar-refractivity contribution is -0.121. The van der Waals surface area contributed by atoms with Gasteiger partial charge in [-0.15, -0.1) is 0 Å². The molecule has 0 unspecified atom stereocenters. The number of H-pyrrole nitrogens is 1. The molecule has 0 atom stereocenters. The number of ether oxygens (including phenoxy) is 1. The standard InChI is InChI=1S/C14H16BrN3O2/c15-11-1-3-12(4-2-11)20-10-6-14(19)18-7-5-13-16-8-9-17-13/h1-4,8-9H,5-7,10H2,(H,16,17)(H,18,19). The summed E-state index contributed by atoms with van der Waals surface area (Å²) in [6.07, 6.45) is 4.51. The van der Waals surface area contributed by atoms with Crippen molar-refractivity contribution < 1.29 is 9.53 Å². The third-order valence-electron chi connectivity index (χ3n) is 2.65. The maximum Gasteiger partial charge on any atom is 0.223 e. The van der Waals surface area contributed by atoms with Crippen molar-refractivity contribution >= 4 is 21.8 Å². The van der Waals surface area contributed by atoms with Crippen molar-refractivity contribution in [1.29, 1.82) is 0 Å². The quantitative estimate of drug-likeness (QED) is 0.814. The lowest BCUT2D eigenvalue weighted by Gasteiger charge is -2.07. The summed E-state index contributed by atoms with van der Waals surface area (Å²) in [7, 11) is 0. The van der Waals surface area contributed by atoms with Crippen LogP contribution in [0.15, 0.2) is 41.1 Å². The number of carbonyl (C=O) groups is 1. The summed E-state index contributed by atoms with van der Waals surface area (Å²) in [5.74, 6) is 1.61. The number of nitrogens with zero attached hydrogens (tertiary/aromatic N) is 1. The highest BCUT2D eigenvalue weighted by atomic mass is 79.9. The van der Waals surface area contributed by atoms with E-state index in [4.69, 9.17) is 4.74 Å². The Morgan fingerprint density at radius 1 is 1.35 bits per heavy atom. The second-order valence-corrected chi connectivity index (χ2v) is 5.10. The molecule has 0 aliphatic carbocycles. The average molecular weight is 338 g/mol. The zero-order chi connectivity index (χ0) is 14.2. The normalized spacial score (nSPS) is 10.2. The Labute approximate surface area is 125 Å². The van der Waals surface area contributed by atoms with Crippen LogP contribution in [0.2, 0.25) is 0 Å². The van der Waals surface area contributed by atoms with E-state index in [1.54, 1.807) is 12.4 Å². The Balaban J connectivity index is 1.59. The number of aromatic nitrogens is 2. The van der Waals surface area contributed by atoms with Crippen molar-refractivity contribution in [3.05, 3.63) is 47.0 Å². The molecule has 1 aromatic heterocycles. The second kappa shape index (κ2) is 7.69. The monoisotopic (exact) mass is 337 g/mol. The van der Waals surface area contributed by atoms with Gasteiger partial charge in [0.2, 0.25) is 5.91 Å². The number of carbonyl (C=O) groups excluding carboxylic acids is 1. The van der Waals surface area contributed by atoms with Crippen LogP contribution in [0.3, 0.4) is 0 Å². The van der Waals surface area contributed by atoms with Crippen LogP contribution in [0.1, 0.15) is 12.2 Å². The molecule has 0 aliphatic heterocycles. The number of amides is 1. The predicted octanol–water partition coefficient (Wildman–Crippen LogP) is 2.30. The Bertz CT molecular complexity index is 526. The van der Waals surface area contributed by atoms with Gasteiger partial charge in [-0.05, 0) is 24.3 Å². The number of rotatable bonds is 7. The molecule has 0 bridgehead atoms. The van der Waals surface area contributed by atoms with E-state index >= 15 is 0 Å². The highest BCUT2D eigenvalue weighted by Crippen LogP contribution is 2.16. The number of hydrogen-bond donors (Lipinski definition) is 2. The van der Waals surface area contributed by atoms with Gasteiger partial charge in [0.05, 0.1) is 13.0 Å². The highest BCUT2D eigenvalue weighted by Gasteiger charge is 2.02. The zero-order valence-electron chi connectivity index (χ0n) is 10.9. The molecule has 0 saturated carbocycles. The van der Waals surface area contributed by atoms with E-state index in [-0.39, 0.29) is 5.91 Å². The Morgan fingerprint density at radius 3 is 2.85 bits per heavy atom. The molecule has 106 valence electrons. The van der Waals surface area contributed by atoms with Gasteiger partial charge >= 0.3 is 0 Å². The molecule has 0 aliphatic rings. The summed E-state index contributed by atoms with van der Waals surface area (Å²) < 4.78 is 6.48. The van der Waals surface area contributed by atoms with Crippen LogP contribution in [-0.4, -0.2) is 29.0 Å². The molecule has 1 aromatic carbocycles. The molecule has 0 radical (unpaired) electrons. The number of benzene rings is 1. The van der Waals surface area contributed by atoms with Gasteiger partial charge in [0, 0.05) is 29.8 Å². The molecule has 6 heteroatoms. The first-order valence-electron chi connectivity index (χ1n) is 6.37. The molecular formula is C14H16BrN3O2. The topological polar surface area (TPSA) is 67.0 Å². The van der Waals surface area contributed by atoms with Gasteiger partial charge in [-0.3, -0.25) is 4.79 Å². The number of imidazole rings is 1. The fraction of sp³-hybridized carbons (Fsp3) is 0.286. The molecule has 2 aromatic rings. The first kappa shape index (κ1) is 14.6. The Kier molecular flexibility index (Phi) is 5.61. The van der Waals surface area contributed by atoms with Crippen LogP contribution >= 0.6 is 15.9 Å². The fourth-order valence-corrected chi connectivity index (χ4v) is 1.90. The minimum Gasteiger partial charge on any atom is -0.493 e. The van der Waals surface area contributed by atoms with Gasteiger partial charge in [0.25, 0.3) is 0 Å². The number of halogens is 1. The van der Waals surface area contributed by atoms with E-state index in [0.29, 0.717) is 26.0 Å². The van der Waals surface area contributed by atoms with Gasteiger partial charge in [0.1, 0.15) is 11.6 Å². The van der Waals surface area contributed by atoms with E-state index in [1.165, 1.54) is 0 Å². The summed E-state index contributed by atoms with van der Waals surface area (Å²) in [6.45, 7) is 0.943. The SMILES string of the molecule is O=C(CCOc1ccc(Br)cc1)NCCc1ncc[nH]1. The molecule has 0 saturated heterocycles. The van der Waals surface area contributed by atoms with Crippen LogP contribution in [0, 0.1) is 0 Å². The number of nitrogens with one attached hydrogen (secondary N) is 2. The second-order valence-electron chi connectivity index (χ2n) is 4.19. The van der Waals surface area contributed by atoms with Gasteiger partial charge in [-0.25, -0.2) is 4.98 Å². The minimum absolute atomic E-state index is 0.0198. The molecular weight excluding hydrogens is 322 g/mol. The molecule has 0 spiro atoms. The van der Waals surface area contributed by atoms with E-state index < -0.39 is 0 Å². The summed E-state index contributed by atoms with van der Waals surface area (Å²) in [6, 6.07) is 7.52. The predicted molar refractivity (Wildman–Crippen MR) is 79.6 cm³/mol. The van der Waals surface area contributed by atoms with Gasteiger partial charge in [0.15, 0.2) is 0 Å². The van der Waals surface area contributed by atoms with Crippen molar-refractivity contribution in [2.75, 3.05) is 13.2 Å². The van der Waals surface area contributed by atoms with Crippen LogP contribution in [-0.2, 0) is 11.2 Å². The van der Waals surface area contributed by atoms with Crippen molar-refractivity contribution in [1.82, 2.24) is 15.3 Å². The van der Waals surface area contributed by atoms with Crippen molar-refractivity contribution in [2.45, 2.75) is 12.8 Å². The maximum atomic E-state index is 11.6. The lowest BCUT2D eigenvalue weighted by Crippen LogP contribution is -2.27. The molecule has 1 amide bonds. The third kappa shape index (κ3) is 5.05. The summed E-state index contributed by atoms with van der Waals surface area (Å²) in [5, 5.41) is 2.83. The average Bonchev–Trinajstić information content (AvgIpc) is 2.94. The number of hydrogen-bond acceptors (Lipinski definition) is 3. The minimum atomic E-state index is -0.0198. The van der Waals surface area contributed by atoms with Gasteiger partial charge in [-0.1, -0.05) is 15.9 Å². The van der Waals surface area contributed by atoms with Gasteiger partial charge < -0.3 is 15.0 Å². The number of aromatic amines is 1. The molecule has 2 rings (SSSR count). The van der Waals surface area contributed by atoms with Crippen molar-refractivity contribution in [3.8, 4) is 5.75 Å². The fourth-order valence-electron chi connectivity index (χ4n) is 1.64. The first-order valence-corrected chi connectivity index (χ1v) is 7.16. The lowest BCUT2D eigenvalue weighted by atomic mass is 10.3. The van der Waals surface area contributed by atoms with Crippen molar-refractivity contribution in [3.63, 3.8) is 0 Å². The van der Waals surface area contributed by atoms with E-state index in [0.717, 1.165) is 16.0 Å². The van der Waals surface area contributed by atoms with E-state index in [2.05, 4.69) is 31.2 Å². The largest absolute Gasteiger partial charge is 0.493 e. The van der Waals surface area contributed by atoms with E-state index in [9.17, 15) is 4.79 Å². The van der Waals surface area contributed by atoms with Crippen LogP contribution < -0.4 is 10.1 Å².